The molecule has 0 aromatic rings. The van der Waals surface area contributed by atoms with Crippen molar-refractivity contribution in [2.24, 2.45) is 0 Å². The van der Waals surface area contributed by atoms with Crippen LogP contribution in [0, 0.1) is 0 Å². The van der Waals surface area contributed by atoms with Gasteiger partial charge in [-0.1, -0.05) is 140 Å². The second-order valence-electron chi connectivity index (χ2n) is 13.7. The molecule has 0 saturated carbocycles. The molecule has 0 amide bonds. The van der Waals surface area contributed by atoms with Gasteiger partial charge in [-0.25, -0.2) is 0 Å². The van der Waals surface area contributed by atoms with Gasteiger partial charge in [-0.3, -0.25) is 4.79 Å². The number of allylic oxidation sites excluding steroid dienone is 6. The van der Waals surface area contributed by atoms with E-state index in [1.54, 1.807) is 0 Å². The van der Waals surface area contributed by atoms with Gasteiger partial charge in [0.25, 0.3) is 0 Å². The summed E-state index contributed by atoms with van der Waals surface area (Å²) in [7, 11) is 0. The molecule has 50 heavy (non-hydrogen) atoms. The molecule has 0 aromatic heterocycles. The van der Waals surface area contributed by atoms with Crippen molar-refractivity contribution < 1.29 is 44.2 Å². The predicted molar refractivity (Wildman–Crippen MR) is 201 cm³/mol. The van der Waals surface area contributed by atoms with Crippen LogP contribution in [0.2, 0.25) is 0 Å². The molecule has 1 aliphatic rings. The number of hydrogen-bond donors (Lipinski definition) is 4. The highest BCUT2D eigenvalue weighted by Gasteiger charge is 2.44. The lowest BCUT2D eigenvalue weighted by Crippen LogP contribution is -2.59. The molecular weight excluding hydrogens is 636 g/mol. The number of rotatable bonds is 33. The van der Waals surface area contributed by atoms with Gasteiger partial charge in [0, 0.05) is 13.0 Å². The van der Waals surface area contributed by atoms with E-state index < -0.39 is 43.4 Å². The molecular formula is C41H74O9. The Morgan fingerprint density at radius 2 is 1.22 bits per heavy atom. The number of unbranched alkanes of at least 4 members (excludes halogenated alkanes) is 16. The number of aliphatic hydroxyl groups is 4. The van der Waals surface area contributed by atoms with E-state index >= 15 is 0 Å². The highest BCUT2D eigenvalue weighted by molar-refractivity contribution is 5.69. The zero-order valence-corrected chi connectivity index (χ0v) is 31.6. The molecule has 1 saturated heterocycles. The first kappa shape index (κ1) is 46.4. The Morgan fingerprint density at radius 3 is 1.84 bits per heavy atom. The van der Waals surface area contributed by atoms with Gasteiger partial charge in [-0.2, -0.15) is 0 Å². The van der Waals surface area contributed by atoms with Gasteiger partial charge in [0.05, 0.1) is 19.8 Å². The van der Waals surface area contributed by atoms with Crippen molar-refractivity contribution in [1.29, 1.82) is 0 Å². The highest BCUT2D eigenvalue weighted by atomic mass is 16.7. The van der Waals surface area contributed by atoms with Crippen LogP contribution in [0.4, 0.5) is 0 Å². The third kappa shape index (κ3) is 24.6. The zero-order valence-electron chi connectivity index (χ0n) is 31.6. The van der Waals surface area contributed by atoms with E-state index in [1.165, 1.54) is 70.6 Å². The summed E-state index contributed by atoms with van der Waals surface area (Å²) < 4.78 is 22.7. The van der Waals surface area contributed by atoms with E-state index in [1.807, 2.05) is 0 Å². The Bertz CT molecular complexity index is 859. The molecule has 6 atom stereocenters. The number of hydrogen-bond acceptors (Lipinski definition) is 9. The molecule has 1 aliphatic heterocycles. The van der Waals surface area contributed by atoms with E-state index in [2.05, 4.69) is 50.3 Å². The SMILES string of the molecule is CC/C=C\C/C=C\C/C=C\CCCCCCCCCC(=O)OC(COCCCCCCCCCCCC)COC1OC(CO)C(O)C(O)C1O. The number of carbonyl (C=O) groups is 1. The van der Waals surface area contributed by atoms with Crippen molar-refractivity contribution in [3.05, 3.63) is 36.5 Å². The molecule has 0 aliphatic carbocycles. The summed E-state index contributed by atoms with van der Waals surface area (Å²) in [5, 5.41) is 39.9. The maximum atomic E-state index is 12.7. The molecule has 292 valence electrons. The van der Waals surface area contributed by atoms with E-state index in [4.69, 9.17) is 18.9 Å². The fourth-order valence-electron chi connectivity index (χ4n) is 5.92. The zero-order chi connectivity index (χ0) is 36.5. The summed E-state index contributed by atoms with van der Waals surface area (Å²) in [6, 6.07) is 0. The Kier molecular flexibility index (Phi) is 30.9. The minimum Gasteiger partial charge on any atom is -0.457 e. The Morgan fingerprint density at radius 1 is 0.660 bits per heavy atom. The summed E-state index contributed by atoms with van der Waals surface area (Å²) in [5.74, 6) is -0.325. The molecule has 0 bridgehead atoms. The van der Waals surface area contributed by atoms with Crippen molar-refractivity contribution >= 4 is 5.97 Å². The van der Waals surface area contributed by atoms with Gasteiger partial charge >= 0.3 is 5.97 Å². The number of ether oxygens (including phenoxy) is 4. The quantitative estimate of drug-likeness (QED) is 0.0303. The van der Waals surface area contributed by atoms with Crippen LogP contribution in [-0.2, 0) is 23.7 Å². The van der Waals surface area contributed by atoms with Crippen LogP contribution in [0.1, 0.15) is 155 Å². The van der Waals surface area contributed by atoms with E-state index in [-0.39, 0.29) is 19.2 Å². The van der Waals surface area contributed by atoms with Crippen LogP contribution in [0.15, 0.2) is 36.5 Å². The number of esters is 1. The van der Waals surface area contributed by atoms with Gasteiger partial charge in [-0.05, 0) is 44.9 Å². The summed E-state index contributed by atoms with van der Waals surface area (Å²) >= 11 is 0. The Balaban J connectivity index is 2.30. The van der Waals surface area contributed by atoms with E-state index in [0.29, 0.717) is 13.0 Å². The molecule has 1 fully saturated rings. The second-order valence-corrected chi connectivity index (χ2v) is 13.7. The Labute approximate surface area is 304 Å². The first-order chi connectivity index (χ1) is 24.4. The normalized spacial score (nSPS) is 21.9. The second kappa shape index (κ2) is 33.3. The fourth-order valence-corrected chi connectivity index (χ4v) is 5.92. The molecule has 9 nitrogen and oxygen atoms in total. The van der Waals surface area contributed by atoms with Crippen molar-refractivity contribution in [3.63, 3.8) is 0 Å². The van der Waals surface area contributed by atoms with Crippen LogP contribution in [0.25, 0.3) is 0 Å². The van der Waals surface area contributed by atoms with Crippen LogP contribution < -0.4 is 0 Å². The average molecular weight is 711 g/mol. The lowest BCUT2D eigenvalue weighted by atomic mass is 9.99. The fraction of sp³-hybridized carbons (Fsp3) is 0.829. The van der Waals surface area contributed by atoms with Crippen LogP contribution >= 0.6 is 0 Å². The first-order valence-electron chi connectivity index (χ1n) is 20.1. The van der Waals surface area contributed by atoms with Crippen molar-refractivity contribution in [2.75, 3.05) is 26.4 Å². The average Bonchev–Trinajstić information content (AvgIpc) is 3.11. The van der Waals surface area contributed by atoms with Crippen molar-refractivity contribution in [1.82, 2.24) is 0 Å². The molecule has 0 radical (unpaired) electrons. The molecule has 9 heteroatoms. The third-order valence-electron chi connectivity index (χ3n) is 9.07. The lowest BCUT2D eigenvalue weighted by Gasteiger charge is -2.39. The van der Waals surface area contributed by atoms with Gasteiger partial charge in [0.15, 0.2) is 6.29 Å². The minimum absolute atomic E-state index is 0.116. The molecule has 6 unspecified atom stereocenters. The minimum atomic E-state index is -1.54. The Hall–Kier alpha value is -1.59. The lowest BCUT2D eigenvalue weighted by molar-refractivity contribution is -0.305. The van der Waals surface area contributed by atoms with Crippen LogP contribution in [0.5, 0.6) is 0 Å². The van der Waals surface area contributed by atoms with Gasteiger partial charge in [0.2, 0.25) is 0 Å². The number of carbonyl (C=O) groups excluding carboxylic acids is 1. The number of aliphatic hydroxyl groups excluding tert-OH is 4. The monoisotopic (exact) mass is 711 g/mol. The molecule has 0 aromatic carbocycles. The first-order valence-corrected chi connectivity index (χ1v) is 20.1. The maximum absolute atomic E-state index is 12.7. The molecule has 1 rings (SSSR count). The van der Waals surface area contributed by atoms with Gasteiger partial charge in [-0.15, -0.1) is 0 Å². The molecule has 1 heterocycles. The van der Waals surface area contributed by atoms with Crippen molar-refractivity contribution in [2.45, 2.75) is 192 Å². The van der Waals surface area contributed by atoms with Gasteiger partial charge in [0.1, 0.15) is 30.5 Å². The topological polar surface area (TPSA) is 135 Å². The van der Waals surface area contributed by atoms with Crippen LogP contribution in [-0.4, -0.2) is 89.6 Å². The summed E-state index contributed by atoms with van der Waals surface area (Å²) in [5.41, 5.74) is 0. The smallest absolute Gasteiger partial charge is 0.306 e. The summed E-state index contributed by atoms with van der Waals surface area (Å²) in [4.78, 5) is 12.7. The summed E-state index contributed by atoms with van der Waals surface area (Å²) in [6.07, 6.45) is 30.2. The largest absolute Gasteiger partial charge is 0.457 e. The van der Waals surface area contributed by atoms with Gasteiger partial charge < -0.3 is 39.4 Å². The molecule has 0 spiro atoms. The maximum Gasteiger partial charge on any atom is 0.306 e. The standard InChI is InChI=1S/C41H74O9/c1-3-5-7-9-11-13-15-16-17-18-19-20-21-22-24-26-28-30-37(43)49-35(33-47-31-29-27-25-23-14-12-10-8-6-4-2)34-48-41-40(46)39(45)38(44)36(32-42)50-41/h5,7,11,13,16-17,35-36,38-42,44-46H,3-4,6,8-10,12,14-15,18-34H2,1-2H3/b7-5-,13-11-,17-16-. The van der Waals surface area contributed by atoms with Crippen LogP contribution in [0.3, 0.4) is 0 Å². The predicted octanol–water partition coefficient (Wildman–Crippen LogP) is 8.02. The highest BCUT2D eigenvalue weighted by Crippen LogP contribution is 2.22. The van der Waals surface area contributed by atoms with Crippen molar-refractivity contribution in [3.8, 4) is 0 Å². The third-order valence-corrected chi connectivity index (χ3v) is 9.07. The molecule has 4 N–H and O–H groups in total. The summed E-state index contributed by atoms with van der Waals surface area (Å²) in [6.45, 7) is 4.42. The van der Waals surface area contributed by atoms with E-state index in [9.17, 15) is 25.2 Å². The van der Waals surface area contributed by atoms with E-state index in [0.717, 1.165) is 64.2 Å².